The first-order valence-corrected chi connectivity index (χ1v) is 8.07. The predicted octanol–water partition coefficient (Wildman–Crippen LogP) is 2.47. The Bertz CT molecular complexity index is 780. The van der Waals surface area contributed by atoms with Crippen molar-refractivity contribution < 1.29 is 5.11 Å². The number of aromatic nitrogens is 2. The average molecular weight is 313 g/mol. The lowest BCUT2D eigenvalue weighted by Crippen LogP contribution is -2.35. The Balaban J connectivity index is 1.85. The summed E-state index contributed by atoms with van der Waals surface area (Å²) >= 11 is 0. The van der Waals surface area contributed by atoms with E-state index in [9.17, 15) is 9.90 Å². The highest BCUT2D eigenvalue weighted by Gasteiger charge is 2.22. The molecule has 122 valence electrons. The van der Waals surface area contributed by atoms with Gasteiger partial charge in [0, 0.05) is 36.7 Å². The molecule has 0 saturated carbocycles. The third kappa shape index (κ3) is 3.15. The van der Waals surface area contributed by atoms with Gasteiger partial charge < -0.3 is 10.1 Å². The van der Waals surface area contributed by atoms with Crippen LogP contribution in [0.1, 0.15) is 48.0 Å². The van der Waals surface area contributed by atoms with Crippen molar-refractivity contribution in [3.8, 4) is 5.75 Å². The first-order chi connectivity index (χ1) is 11.0. The number of aryl methyl sites for hydroxylation is 1. The highest BCUT2D eigenvalue weighted by molar-refractivity contribution is 5.39. The summed E-state index contributed by atoms with van der Waals surface area (Å²) in [6.45, 7) is 8.06. The lowest BCUT2D eigenvalue weighted by Gasteiger charge is -2.28. The zero-order valence-electron chi connectivity index (χ0n) is 13.9. The second-order valence-corrected chi connectivity index (χ2v) is 6.57. The maximum absolute atomic E-state index is 12.2. The number of phenolic OH excluding ortho intramolecular Hbond substituents is 1. The summed E-state index contributed by atoms with van der Waals surface area (Å²) in [6.07, 6.45) is 0.697. The molecule has 0 atom stereocenters. The summed E-state index contributed by atoms with van der Waals surface area (Å²) in [5.41, 5.74) is 3.48. The van der Waals surface area contributed by atoms with Crippen molar-refractivity contribution >= 4 is 0 Å². The van der Waals surface area contributed by atoms with Crippen LogP contribution in [0.5, 0.6) is 5.75 Å². The first kappa shape index (κ1) is 15.7. The van der Waals surface area contributed by atoms with E-state index in [0.29, 0.717) is 25.3 Å². The summed E-state index contributed by atoms with van der Waals surface area (Å²) in [7, 11) is 0. The van der Waals surface area contributed by atoms with Gasteiger partial charge in [-0.05, 0) is 18.9 Å². The van der Waals surface area contributed by atoms with E-state index in [2.05, 4.69) is 14.9 Å². The van der Waals surface area contributed by atoms with Crippen LogP contribution in [0.3, 0.4) is 0 Å². The van der Waals surface area contributed by atoms with Gasteiger partial charge in [-0.3, -0.25) is 9.69 Å². The van der Waals surface area contributed by atoms with Crippen LogP contribution in [0, 0.1) is 6.92 Å². The van der Waals surface area contributed by atoms with E-state index in [-0.39, 0.29) is 11.5 Å². The second-order valence-electron chi connectivity index (χ2n) is 6.57. The summed E-state index contributed by atoms with van der Waals surface area (Å²) in [5, 5.41) is 10.2. The Hall–Kier alpha value is -2.14. The van der Waals surface area contributed by atoms with E-state index < -0.39 is 0 Å². The van der Waals surface area contributed by atoms with Crippen molar-refractivity contribution in [3.05, 3.63) is 56.8 Å². The van der Waals surface area contributed by atoms with Crippen LogP contribution < -0.4 is 5.56 Å². The van der Waals surface area contributed by atoms with Gasteiger partial charge in [-0.25, -0.2) is 4.98 Å². The number of hydrogen-bond donors (Lipinski definition) is 2. The molecule has 2 N–H and O–H groups in total. The molecule has 0 radical (unpaired) electrons. The second kappa shape index (κ2) is 6.16. The highest BCUT2D eigenvalue weighted by Crippen LogP contribution is 2.25. The van der Waals surface area contributed by atoms with Crippen LogP contribution in [0.2, 0.25) is 0 Å². The van der Waals surface area contributed by atoms with Crippen LogP contribution in [-0.4, -0.2) is 26.5 Å². The predicted molar refractivity (Wildman–Crippen MR) is 89.6 cm³/mol. The van der Waals surface area contributed by atoms with Gasteiger partial charge in [0.15, 0.2) is 0 Å². The van der Waals surface area contributed by atoms with Crippen LogP contribution in [0.15, 0.2) is 23.0 Å². The van der Waals surface area contributed by atoms with Crippen molar-refractivity contribution in [2.75, 3.05) is 6.54 Å². The van der Waals surface area contributed by atoms with Gasteiger partial charge in [0.05, 0.1) is 5.69 Å². The molecule has 0 spiro atoms. The number of H-pyrrole nitrogens is 1. The van der Waals surface area contributed by atoms with Crippen LogP contribution >= 0.6 is 0 Å². The number of fused-ring (bicyclic) bond motifs is 1. The number of para-hydroxylation sites is 1. The number of aromatic amines is 1. The Morgan fingerprint density at radius 2 is 2.17 bits per heavy atom. The van der Waals surface area contributed by atoms with E-state index >= 15 is 0 Å². The molecule has 2 aromatic rings. The van der Waals surface area contributed by atoms with Gasteiger partial charge in [-0.1, -0.05) is 32.0 Å². The van der Waals surface area contributed by atoms with Crippen molar-refractivity contribution in [3.63, 3.8) is 0 Å². The Kier molecular flexibility index (Phi) is 4.22. The van der Waals surface area contributed by atoms with Crippen LogP contribution in [0.25, 0.3) is 0 Å². The van der Waals surface area contributed by atoms with Gasteiger partial charge >= 0.3 is 0 Å². The molecule has 1 aliphatic heterocycles. The van der Waals surface area contributed by atoms with E-state index in [1.54, 1.807) is 0 Å². The number of rotatable bonds is 3. The summed E-state index contributed by atoms with van der Waals surface area (Å²) in [6, 6.07) is 5.81. The van der Waals surface area contributed by atoms with Gasteiger partial charge in [0.1, 0.15) is 11.6 Å². The number of benzene rings is 1. The molecule has 1 aliphatic rings. The van der Waals surface area contributed by atoms with E-state index in [1.807, 2.05) is 39.0 Å². The van der Waals surface area contributed by atoms with Crippen molar-refractivity contribution in [2.24, 2.45) is 0 Å². The minimum atomic E-state index is -0.00301. The molecule has 1 aromatic carbocycles. The number of phenols is 1. The van der Waals surface area contributed by atoms with Crippen molar-refractivity contribution in [1.82, 2.24) is 14.9 Å². The molecule has 2 heterocycles. The lowest BCUT2D eigenvalue weighted by molar-refractivity contribution is 0.236. The third-order valence-electron chi connectivity index (χ3n) is 4.43. The molecule has 0 unspecified atom stereocenters. The Morgan fingerprint density at radius 1 is 1.39 bits per heavy atom. The molecule has 0 aliphatic carbocycles. The Morgan fingerprint density at radius 3 is 2.91 bits per heavy atom. The lowest BCUT2D eigenvalue weighted by atomic mass is 10.0. The topological polar surface area (TPSA) is 69.2 Å². The number of aromatic hydroxyl groups is 1. The summed E-state index contributed by atoms with van der Waals surface area (Å²) in [5.74, 6) is 1.30. The molecule has 5 heteroatoms. The SMILES string of the molecule is Cc1cccc(CN2CCc3c(nc(C(C)C)[nH]c3=O)C2)c1O. The fourth-order valence-electron chi connectivity index (χ4n) is 3.01. The smallest absolute Gasteiger partial charge is 0.254 e. The van der Waals surface area contributed by atoms with Crippen LogP contribution in [-0.2, 0) is 19.5 Å². The largest absolute Gasteiger partial charge is 0.507 e. The van der Waals surface area contributed by atoms with Crippen LogP contribution in [0.4, 0.5) is 0 Å². The zero-order chi connectivity index (χ0) is 16.6. The molecule has 0 bridgehead atoms. The van der Waals surface area contributed by atoms with Gasteiger partial charge in [0.2, 0.25) is 0 Å². The number of nitrogens with one attached hydrogen (secondary N) is 1. The monoisotopic (exact) mass is 313 g/mol. The zero-order valence-corrected chi connectivity index (χ0v) is 13.9. The van der Waals surface area contributed by atoms with E-state index in [4.69, 9.17) is 0 Å². The molecule has 1 aromatic heterocycles. The quantitative estimate of drug-likeness (QED) is 0.913. The molecular weight excluding hydrogens is 290 g/mol. The minimum absolute atomic E-state index is 0.00301. The fourth-order valence-corrected chi connectivity index (χ4v) is 3.01. The average Bonchev–Trinajstić information content (AvgIpc) is 2.51. The summed E-state index contributed by atoms with van der Waals surface area (Å²) < 4.78 is 0. The highest BCUT2D eigenvalue weighted by atomic mass is 16.3. The Labute approximate surface area is 136 Å². The number of hydrogen-bond acceptors (Lipinski definition) is 4. The molecule has 3 rings (SSSR count). The molecule has 0 saturated heterocycles. The summed E-state index contributed by atoms with van der Waals surface area (Å²) in [4.78, 5) is 22.0. The fraction of sp³-hybridized carbons (Fsp3) is 0.444. The van der Waals surface area contributed by atoms with E-state index in [0.717, 1.165) is 34.8 Å². The standard InChI is InChI=1S/C18H23N3O2/c1-11(2)17-19-15-10-21(8-7-14(15)18(23)20-17)9-13-6-4-5-12(3)16(13)22/h4-6,11,22H,7-10H2,1-3H3,(H,19,20,23). The van der Waals surface area contributed by atoms with Gasteiger partial charge in [-0.15, -0.1) is 0 Å². The third-order valence-corrected chi connectivity index (χ3v) is 4.43. The molecular formula is C18H23N3O2. The van der Waals surface area contributed by atoms with Crippen molar-refractivity contribution in [2.45, 2.75) is 46.2 Å². The van der Waals surface area contributed by atoms with Gasteiger partial charge in [0.25, 0.3) is 5.56 Å². The van der Waals surface area contributed by atoms with E-state index in [1.165, 1.54) is 0 Å². The van der Waals surface area contributed by atoms with Crippen molar-refractivity contribution in [1.29, 1.82) is 0 Å². The normalized spacial score (nSPS) is 15.0. The first-order valence-electron chi connectivity index (χ1n) is 8.07. The molecule has 5 nitrogen and oxygen atoms in total. The maximum atomic E-state index is 12.2. The van der Waals surface area contributed by atoms with Gasteiger partial charge in [-0.2, -0.15) is 0 Å². The number of nitrogens with zero attached hydrogens (tertiary/aromatic N) is 2. The maximum Gasteiger partial charge on any atom is 0.254 e. The molecule has 0 amide bonds. The minimum Gasteiger partial charge on any atom is -0.507 e. The molecule has 0 fully saturated rings. The molecule has 23 heavy (non-hydrogen) atoms.